The number of fused-ring (bicyclic) bond motifs is 3. The Labute approximate surface area is 134 Å². The standard InChI is InChI=1S/C16H15F3N2OS/c17-16(18,19)11-7-23-14-4-1-8(5-10(11)14)15(22)21-13-6-9-2-3-12(13)20-9/h1,4-5,7,9,12-13,20H,2-3,6H2,(H,21,22)/t9-,12+,13-/m1/s1. The topological polar surface area (TPSA) is 41.1 Å². The average molecular weight is 340 g/mol. The lowest BCUT2D eigenvalue weighted by Crippen LogP contribution is -2.42. The number of benzene rings is 1. The molecule has 2 aliphatic heterocycles. The molecule has 2 N–H and O–H groups in total. The maximum absolute atomic E-state index is 13.0. The second kappa shape index (κ2) is 5.21. The van der Waals surface area contributed by atoms with Crippen LogP contribution in [-0.4, -0.2) is 24.0 Å². The Morgan fingerprint density at radius 1 is 1.30 bits per heavy atom. The van der Waals surface area contributed by atoms with Crippen molar-refractivity contribution in [2.75, 3.05) is 0 Å². The molecule has 1 amide bonds. The van der Waals surface area contributed by atoms with E-state index in [0.29, 0.717) is 16.8 Å². The summed E-state index contributed by atoms with van der Waals surface area (Å²) in [5.41, 5.74) is -0.391. The predicted molar refractivity (Wildman–Crippen MR) is 82.6 cm³/mol. The van der Waals surface area contributed by atoms with Gasteiger partial charge in [0.2, 0.25) is 0 Å². The lowest BCUT2D eigenvalue weighted by Gasteiger charge is -2.21. The van der Waals surface area contributed by atoms with E-state index in [0.717, 1.165) is 36.0 Å². The molecule has 3 nitrogen and oxygen atoms in total. The minimum absolute atomic E-state index is 0.0708. The second-order valence-corrected chi connectivity index (χ2v) is 7.13. The number of alkyl halides is 3. The van der Waals surface area contributed by atoms with Crippen molar-refractivity contribution in [3.05, 3.63) is 34.7 Å². The minimum atomic E-state index is -4.40. The Bertz CT molecular complexity index is 770. The quantitative estimate of drug-likeness (QED) is 0.878. The molecule has 4 rings (SSSR count). The lowest BCUT2D eigenvalue weighted by molar-refractivity contribution is -0.136. The molecular formula is C16H15F3N2OS. The number of halogens is 3. The van der Waals surface area contributed by atoms with Crippen LogP contribution in [0.2, 0.25) is 0 Å². The van der Waals surface area contributed by atoms with Gasteiger partial charge >= 0.3 is 6.18 Å². The summed E-state index contributed by atoms with van der Waals surface area (Å²) in [7, 11) is 0. The molecule has 3 atom stereocenters. The summed E-state index contributed by atoms with van der Waals surface area (Å²) in [6.07, 6.45) is -1.34. The van der Waals surface area contributed by atoms with Gasteiger partial charge in [0.15, 0.2) is 0 Å². The van der Waals surface area contributed by atoms with Crippen molar-refractivity contribution in [2.45, 2.75) is 43.6 Å². The van der Waals surface area contributed by atoms with Gasteiger partial charge in [-0.2, -0.15) is 13.2 Å². The van der Waals surface area contributed by atoms with Gasteiger partial charge in [-0.3, -0.25) is 4.79 Å². The first kappa shape index (κ1) is 15.0. The van der Waals surface area contributed by atoms with Gasteiger partial charge in [0.05, 0.1) is 5.56 Å². The molecule has 1 aromatic heterocycles. The Hall–Kier alpha value is -1.60. The molecule has 7 heteroatoms. The summed E-state index contributed by atoms with van der Waals surface area (Å²) < 4.78 is 39.6. The van der Waals surface area contributed by atoms with Crippen molar-refractivity contribution in [3.63, 3.8) is 0 Å². The SMILES string of the molecule is O=C(N[C@@H]1C[C@H]2CC[C@@H]1N2)c1ccc2scc(C(F)(F)F)c2c1. The molecule has 0 aliphatic carbocycles. The van der Waals surface area contributed by atoms with Gasteiger partial charge in [-0.05, 0) is 37.5 Å². The Morgan fingerprint density at radius 2 is 2.13 bits per heavy atom. The van der Waals surface area contributed by atoms with Gasteiger partial charge < -0.3 is 10.6 Å². The number of rotatable bonds is 2. The summed E-state index contributed by atoms with van der Waals surface area (Å²) in [4.78, 5) is 12.4. The van der Waals surface area contributed by atoms with E-state index < -0.39 is 11.7 Å². The fourth-order valence-corrected chi connectivity index (χ4v) is 4.57. The third-order valence-electron chi connectivity index (χ3n) is 4.76. The lowest BCUT2D eigenvalue weighted by atomic mass is 9.95. The number of amides is 1. The Kier molecular flexibility index (Phi) is 3.39. The zero-order chi connectivity index (χ0) is 16.2. The van der Waals surface area contributed by atoms with Crippen LogP contribution in [0.4, 0.5) is 13.2 Å². The number of carbonyl (C=O) groups is 1. The molecule has 122 valence electrons. The maximum atomic E-state index is 13.0. The fraction of sp³-hybridized carbons (Fsp3) is 0.438. The summed E-state index contributed by atoms with van der Waals surface area (Å²) >= 11 is 1.04. The number of hydrogen-bond acceptors (Lipinski definition) is 3. The van der Waals surface area contributed by atoms with E-state index in [9.17, 15) is 18.0 Å². The highest BCUT2D eigenvalue weighted by Crippen LogP contribution is 2.38. The van der Waals surface area contributed by atoms with Crippen LogP contribution in [0.5, 0.6) is 0 Å². The van der Waals surface area contributed by atoms with Crippen LogP contribution in [0.15, 0.2) is 23.6 Å². The highest BCUT2D eigenvalue weighted by atomic mass is 32.1. The van der Waals surface area contributed by atoms with Crippen LogP contribution in [-0.2, 0) is 6.18 Å². The molecule has 1 aromatic carbocycles. The zero-order valence-corrected chi connectivity index (χ0v) is 12.9. The summed E-state index contributed by atoms with van der Waals surface area (Å²) in [5, 5.41) is 7.59. The molecule has 0 radical (unpaired) electrons. The van der Waals surface area contributed by atoms with Crippen LogP contribution in [0.25, 0.3) is 10.1 Å². The fourth-order valence-electron chi connectivity index (χ4n) is 3.63. The van der Waals surface area contributed by atoms with Gasteiger partial charge in [-0.15, -0.1) is 11.3 Å². The first-order chi connectivity index (χ1) is 10.9. The van der Waals surface area contributed by atoms with E-state index in [4.69, 9.17) is 0 Å². The van der Waals surface area contributed by atoms with E-state index in [1.54, 1.807) is 12.1 Å². The predicted octanol–water partition coefficient (Wildman–Crippen LogP) is 3.54. The Balaban J connectivity index is 1.60. The van der Waals surface area contributed by atoms with Gasteiger partial charge in [0.1, 0.15) is 0 Å². The van der Waals surface area contributed by atoms with E-state index in [-0.39, 0.29) is 22.9 Å². The maximum Gasteiger partial charge on any atom is 0.417 e. The average Bonchev–Trinajstić information content (AvgIpc) is 3.20. The van der Waals surface area contributed by atoms with E-state index in [1.807, 2.05) is 0 Å². The summed E-state index contributed by atoms with van der Waals surface area (Å²) in [6.45, 7) is 0. The van der Waals surface area contributed by atoms with Crippen LogP contribution in [0.3, 0.4) is 0 Å². The van der Waals surface area contributed by atoms with Gasteiger partial charge in [-0.1, -0.05) is 0 Å². The smallest absolute Gasteiger partial charge is 0.348 e. The first-order valence-electron chi connectivity index (χ1n) is 7.57. The normalized spacial score (nSPS) is 26.8. The van der Waals surface area contributed by atoms with Gasteiger partial charge in [-0.25, -0.2) is 0 Å². The molecule has 2 bridgehead atoms. The monoisotopic (exact) mass is 340 g/mol. The molecule has 0 unspecified atom stereocenters. The third kappa shape index (κ3) is 2.61. The molecule has 3 heterocycles. The molecule has 23 heavy (non-hydrogen) atoms. The molecular weight excluding hydrogens is 325 g/mol. The van der Waals surface area contributed by atoms with Crippen molar-refractivity contribution in [2.24, 2.45) is 0 Å². The Morgan fingerprint density at radius 3 is 2.78 bits per heavy atom. The molecule has 2 aromatic rings. The van der Waals surface area contributed by atoms with Gasteiger partial charge in [0, 0.05) is 39.2 Å². The number of hydrogen-bond donors (Lipinski definition) is 2. The van der Waals surface area contributed by atoms with Crippen LogP contribution in [0.1, 0.15) is 35.2 Å². The number of nitrogens with one attached hydrogen (secondary N) is 2. The van der Waals surface area contributed by atoms with Crippen LogP contribution in [0, 0.1) is 0 Å². The minimum Gasteiger partial charge on any atom is -0.348 e. The molecule has 2 fully saturated rings. The second-order valence-electron chi connectivity index (χ2n) is 6.22. The van der Waals surface area contributed by atoms with E-state index in [2.05, 4.69) is 10.6 Å². The molecule has 2 saturated heterocycles. The van der Waals surface area contributed by atoms with Crippen molar-refractivity contribution in [3.8, 4) is 0 Å². The summed E-state index contributed by atoms with van der Waals surface area (Å²) in [5.74, 6) is -0.300. The highest BCUT2D eigenvalue weighted by molar-refractivity contribution is 7.17. The van der Waals surface area contributed by atoms with Crippen molar-refractivity contribution in [1.29, 1.82) is 0 Å². The molecule has 2 aliphatic rings. The number of thiophene rings is 1. The highest BCUT2D eigenvalue weighted by Gasteiger charge is 2.40. The van der Waals surface area contributed by atoms with E-state index >= 15 is 0 Å². The molecule has 0 saturated carbocycles. The van der Waals surface area contributed by atoms with Crippen molar-refractivity contribution >= 4 is 27.3 Å². The zero-order valence-electron chi connectivity index (χ0n) is 12.1. The largest absolute Gasteiger partial charge is 0.417 e. The van der Waals surface area contributed by atoms with E-state index in [1.165, 1.54) is 6.07 Å². The third-order valence-corrected chi connectivity index (χ3v) is 5.72. The summed E-state index contributed by atoms with van der Waals surface area (Å²) in [6, 6.07) is 5.35. The number of carbonyl (C=O) groups excluding carboxylic acids is 1. The van der Waals surface area contributed by atoms with Gasteiger partial charge in [0.25, 0.3) is 5.91 Å². The van der Waals surface area contributed by atoms with Crippen molar-refractivity contribution < 1.29 is 18.0 Å². The van der Waals surface area contributed by atoms with Crippen LogP contribution < -0.4 is 10.6 Å². The molecule has 0 spiro atoms. The first-order valence-corrected chi connectivity index (χ1v) is 8.45. The van der Waals surface area contributed by atoms with Crippen LogP contribution >= 0.6 is 11.3 Å². The van der Waals surface area contributed by atoms with Crippen molar-refractivity contribution in [1.82, 2.24) is 10.6 Å².